The van der Waals surface area contributed by atoms with Gasteiger partial charge in [0.25, 0.3) is 0 Å². The second-order valence-electron chi connectivity index (χ2n) is 7.90. The molecule has 0 atom stereocenters. The zero-order chi connectivity index (χ0) is 20.7. The van der Waals surface area contributed by atoms with Crippen LogP contribution in [0.1, 0.15) is 22.5 Å². The van der Waals surface area contributed by atoms with E-state index in [9.17, 15) is 9.90 Å². The van der Waals surface area contributed by atoms with E-state index >= 15 is 0 Å². The fourth-order valence-electron chi connectivity index (χ4n) is 4.42. The minimum absolute atomic E-state index is 0.0646. The Hall–Kier alpha value is -3.37. The van der Waals surface area contributed by atoms with E-state index in [1.807, 2.05) is 37.3 Å². The van der Waals surface area contributed by atoms with Gasteiger partial charge in [-0.25, -0.2) is 0 Å². The van der Waals surface area contributed by atoms with Crippen molar-refractivity contribution in [1.29, 1.82) is 0 Å². The molecule has 150 valence electrons. The summed E-state index contributed by atoms with van der Waals surface area (Å²) in [6.45, 7) is 4.06. The standard InChI is InChI=1S/C26H23NO3/c1-17-24(19-8-3-2-4-9-19)25(29)21-11-12-23(28)22(26(21)30-17)16-27-14-13-18-7-5-6-10-20(18)15-27/h2-12,28H,13-16H2,1H3. The van der Waals surface area contributed by atoms with Crippen LogP contribution in [0, 0.1) is 6.92 Å². The molecule has 0 unspecified atom stereocenters. The average molecular weight is 397 g/mol. The first-order valence-electron chi connectivity index (χ1n) is 10.2. The van der Waals surface area contributed by atoms with Gasteiger partial charge in [0, 0.05) is 19.6 Å². The van der Waals surface area contributed by atoms with Crippen molar-refractivity contribution in [2.24, 2.45) is 0 Å². The Morgan fingerprint density at radius 1 is 0.967 bits per heavy atom. The van der Waals surface area contributed by atoms with Crippen LogP contribution < -0.4 is 5.43 Å². The highest BCUT2D eigenvalue weighted by atomic mass is 16.3. The van der Waals surface area contributed by atoms with E-state index in [-0.39, 0.29) is 11.2 Å². The number of aromatic hydroxyl groups is 1. The molecule has 0 saturated carbocycles. The molecule has 0 bridgehead atoms. The predicted octanol–water partition coefficient (Wildman–Crippen LogP) is 5.03. The SMILES string of the molecule is Cc1oc2c(CN3CCc4ccccc4C3)c(O)ccc2c(=O)c1-c1ccccc1. The topological polar surface area (TPSA) is 53.7 Å². The van der Waals surface area contributed by atoms with Gasteiger partial charge in [-0.1, -0.05) is 54.6 Å². The van der Waals surface area contributed by atoms with Crippen LogP contribution >= 0.6 is 0 Å². The lowest BCUT2D eigenvalue weighted by atomic mass is 9.98. The molecule has 0 spiro atoms. The van der Waals surface area contributed by atoms with Gasteiger partial charge in [0.05, 0.1) is 16.5 Å². The number of fused-ring (bicyclic) bond motifs is 2. The first-order chi connectivity index (χ1) is 14.6. The van der Waals surface area contributed by atoms with Gasteiger partial charge in [-0.15, -0.1) is 0 Å². The molecule has 5 rings (SSSR count). The molecule has 4 heteroatoms. The van der Waals surface area contributed by atoms with Gasteiger partial charge in [0.1, 0.15) is 17.1 Å². The van der Waals surface area contributed by atoms with Crippen LogP contribution in [0.15, 0.2) is 75.9 Å². The number of nitrogens with zero attached hydrogens (tertiary/aromatic N) is 1. The summed E-state index contributed by atoms with van der Waals surface area (Å²) in [6.07, 6.45) is 0.975. The zero-order valence-electron chi connectivity index (χ0n) is 16.9. The molecule has 2 heterocycles. The zero-order valence-corrected chi connectivity index (χ0v) is 16.9. The molecule has 4 aromatic rings. The molecule has 1 aliphatic rings. The van der Waals surface area contributed by atoms with Crippen molar-refractivity contribution in [3.8, 4) is 16.9 Å². The summed E-state index contributed by atoms with van der Waals surface area (Å²) in [5.41, 5.74) is 5.20. The Labute approximate surface area is 175 Å². The van der Waals surface area contributed by atoms with Crippen molar-refractivity contribution in [3.63, 3.8) is 0 Å². The molecule has 0 saturated heterocycles. The number of benzene rings is 3. The Balaban J connectivity index is 1.58. The molecule has 0 amide bonds. The Bertz CT molecular complexity index is 1290. The lowest BCUT2D eigenvalue weighted by molar-refractivity contribution is 0.242. The average Bonchev–Trinajstić information content (AvgIpc) is 2.76. The minimum Gasteiger partial charge on any atom is -0.507 e. The summed E-state index contributed by atoms with van der Waals surface area (Å²) in [5.74, 6) is 0.728. The van der Waals surface area contributed by atoms with Crippen LogP contribution in [0.5, 0.6) is 5.75 Å². The van der Waals surface area contributed by atoms with Gasteiger partial charge >= 0.3 is 0 Å². The molecule has 1 aromatic heterocycles. The summed E-state index contributed by atoms with van der Waals surface area (Å²) in [6, 6.07) is 21.3. The van der Waals surface area contributed by atoms with Crippen molar-refractivity contribution in [3.05, 3.63) is 99.4 Å². The Kier molecular flexibility index (Phi) is 4.64. The number of hydrogen-bond acceptors (Lipinski definition) is 4. The van der Waals surface area contributed by atoms with Crippen LogP contribution in [0.25, 0.3) is 22.1 Å². The second-order valence-corrected chi connectivity index (χ2v) is 7.90. The lowest BCUT2D eigenvalue weighted by Crippen LogP contribution is -2.30. The van der Waals surface area contributed by atoms with Crippen LogP contribution in [-0.2, 0) is 19.5 Å². The van der Waals surface area contributed by atoms with Gasteiger partial charge in [0.2, 0.25) is 5.43 Å². The van der Waals surface area contributed by atoms with Gasteiger partial charge in [-0.05, 0) is 42.2 Å². The predicted molar refractivity (Wildman–Crippen MR) is 119 cm³/mol. The lowest BCUT2D eigenvalue weighted by Gasteiger charge is -2.29. The number of phenolic OH excluding ortho intramolecular Hbond substituents is 1. The minimum atomic E-state index is -0.0646. The van der Waals surface area contributed by atoms with E-state index < -0.39 is 0 Å². The van der Waals surface area contributed by atoms with Crippen LogP contribution in [-0.4, -0.2) is 16.6 Å². The molecule has 0 radical (unpaired) electrons. The van der Waals surface area contributed by atoms with E-state index in [1.165, 1.54) is 11.1 Å². The van der Waals surface area contributed by atoms with Crippen molar-refractivity contribution in [1.82, 2.24) is 4.90 Å². The maximum Gasteiger partial charge on any atom is 0.200 e. The van der Waals surface area contributed by atoms with E-state index in [2.05, 4.69) is 29.2 Å². The molecule has 1 N–H and O–H groups in total. The van der Waals surface area contributed by atoms with Crippen molar-refractivity contribution < 1.29 is 9.52 Å². The third-order valence-corrected chi connectivity index (χ3v) is 5.97. The highest BCUT2D eigenvalue weighted by Crippen LogP contribution is 2.32. The molecule has 0 aliphatic carbocycles. The Morgan fingerprint density at radius 2 is 1.70 bits per heavy atom. The third kappa shape index (κ3) is 3.19. The van der Waals surface area contributed by atoms with Gasteiger partial charge in [-0.3, -0.25) is 9.69 Å². The largest absolute Gasteiger partial charge is 0.507 e. The van der Waals surface area contributed by atoms with E-state index in [0.717, 1.165) is 25.1 Å². The molecule has 1 aliphatic heterocycles. The van der Waals surface area contributed by atoms with Crippen molar-refractivity contribution in [2.75, 3.05) is 6.54 Å². The number of aryl methyl sites for hydroxylation is 1. The molecule has 4 nitrogen and oxygen atoms in total. The highest BCUT2D eigenvalue weighted by Gasteiger charge is 2.22. The van der Waals surface area contributed by atoms with Crippen LogP contribution in [0.3, 0.4) is 0 Å². The number of rotatable bonds is 3. The number of hydrogen-bond donors (Lipinski definition) is 1. The van der Waals surface area contributed by atoms with Crippen LogP contribution in [0.4, 0.5) is 0 Å². The molecule has 0 fully saturated rings. The molecular formula is C26H23NO3. The summed E-state index contributed by atoms with van der Waals surface area (Å²) in [5, 5.41) is 11.1. The Morgan fingerprint density at radius 3 is 2.50 bits per heavy atom. The van der Waals surface area contributed by atoms with Gasteiger partial charge in [-0.2, -0.15) is 0 Å². The summed E-state index contributed by atoms with van der Waals surface area (Å²) >= 11 is 0. The maximum atomic E-state index is 13.3. The second kappa shape index (κ2) is 7.47. The van der Waals surface area contributed by atoms with Gasteiger partial charge in [0.15, 0.2) is 0 Å². The molecule has 3 aromatic carbocycles. The van der Waals surface area contributed by atoms with E-state index in [0.29, 0.717) is 34.4 Å². The normalized spacial score (nSPS) is 14.0. The maximum absolute atomic E-state index is 13.3. The first-order valence-corrected chi connectivity index (χ1v) is 10.2. The smallest absolute Gasteiger partial charge is 0.200 e. The van der Waals surface area contributed by atoms with E-state index in [4.69, 9.17) is 4.42 Å². The first kappa shape index (κ1) is 18.6. The van der Waals surface area contributed by atoms with Crippen LogP contribution in [0.2, 0.25) is 0 Å². The fraction of sp³-hybridized carbons (Fsp3) is 0.192. The molecule has 30 heavy (non-hydrogen) atoms. The fourth-order valence-corrected chi connectivity index (χ4v) is 4.42. The summed E-state index contributed by atoms with van der Waals surface area (Å²) in [7, 11) is 0. The molecular weight excluding hydrogens is 374 g/mol. The number of phenols is 1. The summed E-state index contributed by atoms with van der Waals surface area (Å²) in [4.78, 5) is 15.6. The van der Waals surface area contributed by atoms with Gasteiger partial charge < -0.3 is 9.52 Å². The van der Waals surface area contributed by atoms with E-state index in [1.54, 1.807) is 12.1 Å². The third-order valence-electron chi connectivity index (χ3n) is 5.97. The van der Waals surface area contributed by atoms with Crippen molar-refractivity contribution >= 4 is 11.0 Å². The highest BCUT2D eigenvalue weighted by molar-refractivity contribution is 5.86. The summed E-state index contributed by atoms with van der Waals surface area (Å²) < 4.78 is 6.16. The quantitative estimate of drug-likeness (QED) is 0.527. The monoisotopic (exact) mass is 397 g/mol. The van der Waals surface area contributed by atoms with Crippen molar-refractivity contribution in [2.45, 2.75) is 26.4 Å².